The van der Waals surface area contributed by atoms with Crippen LogP contribution in [0.4, 0.5) is 0 Å². The molecule has 0 bridgehead atoms. The average Bonchev–Trinajstić information content (AvgIpc) is 2.32. The molecular formula is C15H23NO2. The number of nitrogens with one attached hydrogen (secondary N) is 1. The Morgan fingerprint density at radius 2 is 2.11 bits per heavy atom. The summed E-state index contributed by atoms with van der Waals surface area (Å²) < 4.78 is 5.50. The normalized spacial score (nSPS) is 26.0. The number of hydrogen-bond acceptors (Lipinski definition) is 3. The van der Waals surface area contributed by atoms with Crippen molar-refractivity contribution in [1.29, 1.82) is 0 Å². The third kappa shape index (κ3) is 3.31. The lowest BCUT2D eigenvalue weighted by atomic mass is 9.98. The van der Waals surface area contributed by atoms with E-state index in [4.69, 9.17) is 4.74 Å². The second-order valence-corrected chi connectivity index (χ2v) is 5.40. The zero-order valence-corrected chi connectivity index (χ0v) is 11.4. The highest BCUT2D eigenvalue weighted by atomic mass is 16.5. The maximum Gasteiger partial charge on any atom is 0.0805 e. The largest absolute Gasteiger partial charge is 0.388 e. The fraction of sp³-hybridized carbons (Fsp3) is 0.600. The van der Waals surface area contributed by atoms with Gasteiger partial charge in [-0.15, -0.1) is 0 Å². The molecule has 3 nitrogen and oxygen atoms in total. The molecule has 2 N–H and O–H groups in total. The molecule has 3 atom stereocenters. The van der Waals surface area contributed by atoms with Gasteiger partial charge in [0.2, 0.25) is 0 Å². The molecule has 0 spiro atoms. The van der Waals surface area contributed by atoms with Crippen molar-refractivity contribution in [2.45, 2.75) is 45.4 Å². The van der Waals surface area contributed by atoms with Crippen LogP contribution in [0.25, 0.3) is 0 Å². The van der Waals surface area contributed by atoms with Gasteiger partial charge in [0.25, 0.3) is 0 Å². The molecule has 0 saturated carbocycles. The lowest BCUT2D eigenvalue weighted by molar-refractivity contribution is 0.0304. The van der Waals surface area contributed by atoms with Gasteiger partial charge in [0.05, 0.1) is 19.3 Å². The molecule has 3 unspecified atom stereocenters. The van der Waals surface area contributed by atoms with Gasteiger partial charge in [0.1, 0.15) is 0 Å². The van der Waals surface area contributed by atoms with Gasteiger partial charge in [0, 0.05) is 12.1 Å². The van der Waals surface area contributed by atoms with E-state index in [-0.39, 0.29) is 6.04 Å². The Morgan fingerprint density at radius 1 is 1.33 bits per heavy atom. The number of rotatable bonds is 3. The van der Waals surface area contributed by atoms with E-state index >= 15 is 0 Å². The molecule has 100 valence electrons. The van der Waals surface area contributed by atoms with E-state index < -0.39 is 6.10 Å². The Hall–Kier alpha value is -0.900. The first-order chi connectivity index (χ1) is 8.56. The molecule has 1 aliphatic heterocycles. The molecular weight excluding hydrogens is 226 g/mol. The van der Waals surface area contributed by atoms with Crippen LogP contribution < -0.4 is 5.32 Å². The van der Waals surface area contributed by atoms with Crippen LogP contribution >= 0.6 is 0 Å². The number of hydrogen-bond donors (Lipinski definition) is 2. The highest BCUT2D eigenvalue weighted by Gasteiger charge is 2.21. The first kappa shape index (κ1) is 13.5. The van der Waals surface area contributed by atoms with Gasteiger partial charge in [-0.1, -0.05) is 18.2 Å². The number of aliphatic hydroxyl groups excluding tert-OH is 1. The van der Waals surface area contributed by atoms with Crippen LogP contribution in [-0.2, 0) is 4.74 Å². The molecule has 1 fully saturated rings. The van der Waals surface area contributed by atoms with E-state index in [9.17, 15) is 5.11 Å². The quantitative estimate of drug-likeness (QED) is 0.862. The predicted octanol–water partition coefficient (Wildman–Crippen LogP) is 2.10. The molecule has 2 rings (SSSR count). The van der Waals surface area contributed by atoms with E-state index in [1.165, 1.54) is 11.1 Å². The Kier molecular flexibility index (Phi) is 4.38. The highest BCUT2D eigenvalue weighted by Crippen LogP contribution is 2.22. The zero-order valence-electron chi connectivity index (χ0n) is 11.4. The Bertz CT molecular complexity index is 405. The van der Waals surface area contributed by atoms with E-state index in [0.717, 1.165) is 12.2 Å². The third-order valence-corrected chi connectivity index (χ3v) is 3.63. The summed E-state index contributed by atoms with van der Waals surface area (Å²) in [5.74, 6) is 0. The SMILES string of the molecule is Cc1ccc(C(O)CC2COCC(C)N2)cc1C. The van der Waals surface area contributed by atoms with Gasteiger partial charge < -0.3 is 15.2 Å². The summed E-state index contributed by atoms with van der Waals surface area (Å²) in [6.45, 7) is 7.72. The van der Waals surface area contributed by atoms with Crippen LogP contribution in [-0.4, -0.2) is 30.4 Å². The van der Waals surface area contributed by atoms with E-state index in [1.807, 2.05) is 6.07 Å². The van der Waals surface area contributed by atoms with Crippen molar-refractivity contribution in [3.05, 3.63) is 34.9 Å². The van der Waals surface area contributed by atoms with Gasteiger partial charge >= 0.3 is 0 Å². The first-order valence-corrected chi connectivity index (χ1v) is 6.65. The molecule has 0 amide bonds. The highest BCUT2D eigenvalue weighted by molar-refractivity contribution is 5.31. The zero-order chi connectivity index (χ0) is 13.1. The van der Waals surface area contributed by atoms with Crippen LogP contribution in [0.2, 0.25) is 0 Å². The van der Waals surface area contributed by atoms with E-state index in [1.54, 1.807) is 0 Å². The summed E-state index contributed by atoms with van der Waals surface area (Å²) in [5.41, 5.74) is 3.49. The van der Waals surface area contributed by atoms with Crippen molar-refractivity contribution in [2.75, 3.05) is 13.2 Å². The van der Waals surface area contributed by atoms with E-state index in [2.05, 4.69) is 38.2 Å². The summed E-state index contributed by atoms with van der Waals surface area (Å²) in [6, 6.07) is 6.77. The summed E-state index contributed by atoms with van der Waals surface area (Å²) >= 11 is 0. The van der Waals surface area contributed by atoms with Crippen molar-refractivity contribution >= 4 is 0 Å². The van der Waals surface area contributed by atoms with E-state index in [0.29, 0.717) is 19.1 Å². The topological polar surface area (TPSA) is 41.5 Å². The number of morpholine rings is 1. The van der Waals surface area contributed by atoms with Gasteiger partial charge in [-0.2, -0.15) is 0 Å². The Balaban J connectivity index is 1.98. The fourth-order valence-electron chi connectivity index (χ4n) is 2.40. The fourth-order valence-corrected chi connectivity index (χ4v) is 2.40. The summed E-state index contributed by atoms with van der Waals surface area (Å²) in [6.07, 6.45) is 0.281. The minimum absolute atomic E-state index is 0.241. The average molecular weight is 249 g/mol. The second kappa shape index (κ2) is 5.83. The van der Waals surface area contributed by atoms with Crippen LogP contribution in [0.5, 0.6) is 0 Å². The first-order valence-electron chi connectivity index (χ1n) is 6.65. The smallest absolute Gasteiger partial charge is 0.0805 e. The van der Waals surface area contributed by atoms with Gasteiger partial charge in [0.15, 0.2) is 0 Å². The molecule has 1 heterocycles. The summed E-state index contributed by atoms with van der Waals surface area (Å²) in [4.78, 5) is 0. The Morgan fingerprint density at radius 3 is 2.78 bits per heavy atom. The minimum Gasteiger partial charge on any atom is -0.388 e. The molecule has 1 aromatic carbocycles. The van der Waals surface area contributed by atoms with Crippen molar-refractivity contribution in [3.63, 3.8) is 0 Å². The van der Waals surface area contributed by atoms with Crippen LogP contribution in [0.1, 0.15) is 36.1 Å². The molecule has 1 saturated heterocycles. The number of aryl methyl sites for hydroxylation is 2. The van der Waals surface area contributed by atoms with Gasteiger partial charge in [-0.3, -0.25) is 0 Å². The van der Waals surface area contributed by atoms with Gasteiger partial charge in [-0.05, 0) is 43.9 Å². The molecule has 0 radical (unpaired) electrons. The maximum absolute atomic E-state index is 10.3. The van der Waals surface area contributed by atoms with Gasteiger partial charge in [-0.25, -0.2) is 0 Å². The maximum atomic E-state index is 10.3. The lowest BCUT2D eigenvalue weighted by Crippen LogP contribution is -2.47. The van der Waals surface area contributed by atoms with Crippen LogP contribution in [0, 0.1) is 13.8 Å². The number of aliphatic hydroxyl groups is 1. The summed E-state index contributed by atoms with van der Waals surface area (Å²) in [5, 5.41) is 13.7. The third-order valence-electron chi connectivity index (χ3n) is 3.63. The number of ether oxygens (including phenoxy) is 1. The van der Waals surface area contributed by atoms with Crippen LogP contribution in [0.15, 0.2) is 18.2 Å². The van der Waals surface area contributed by atoms with Crippen molar-refractivity contribution in [3.8, 4) is 0 Å². The standard InChI is InChI=1S/C15H23NO2/c1-10-4-5-13(6-11(10)2)15(17)7-14-9-18-8-12(3)16-14/h4-6,12,14-17H,7-9H2,1-3H3. The minimum atomic E-state index is -0.421. The molecule has 0 aromatic heterocycles. The lowest BCUT2D eigenvalue weighted by Gasteiger charge is -2.30. The van der Waals surface area contributed by atoms with Crippen molar-refractivity contribution in [1.82, 2.24) is 5.32 Å². The predicted molar refractivity (Wildman–Crippen MR) is 72.7 cm³/mol. The van der Waals surface area contributed by atoms with Crippen molar-refractivity contribution < 1.29 is 9.84 Å². The molecule has 3 heteroatoms. The van der Waals surface area contributed by atoms with Crippen molar-refractivity contribution in [2.24, 2.45) is 0 Å². The van der Waals surface area contributed by atoms with Crippen LogP contribution in [0.3, 0.4) is 0 Å². The monoisotopic (exact) mass is 249 g/mol. The summed E-state index contributed by atoms with van der Waals surface area (Å²) in [7, 11) is 0. The number of benzene rings is 1. The molecule has 0 aliphatic carbocycles. The Labute approximate surface area is 109 Å². The molecule has 1 aliphatic rings. The second-order valence-electron chi connectivity index (χ2n) is 5.40. The molecule has 1 aromatic rings. The molecule has 18 heavy (non-hydrogen) atoms.